The number of hydrogen-bond acceptors (Lipinski definition) is 4. The van der Waals surface area contributed by atoms with Crippen LogP contribution < -0.4 is 5.32 Å². The average Bonchev–Trinajstić information content (AvgIpc) is 2.44. The Morgan fingerprint density at radius 2 is 1.90 bits per heavy atom. The summed E-state index contributed by atoms with van der Waals surface area (Å²) < 4.78 is 27.1. The number of nitro groups is 1. The van der Waals surface area contributed by atoms with Gasteiger partial charge in [0.25, 0.3) is 5.69 Å². The van der Waals surface area contributed by atoms with Crippen LogP contribution in [0.5, 0.6) is 5.75 Å². The first-order valence-corrected chi connectivity index (χ1v) is 6.08. The molecule has 0 saturated heterocycles. The normalized spacial score (nSPS) is 12.0. The molecule has 2 rings (SSSR count). The topological polar surface area (TPSA) is 75.4 Å². The van der Waals surface area contributed by atoms with Gasteiger partial charge in [0.2, 0.25) is 0 Å². The van der Waals surface area contributed by atoms with Crippen LogP contribution in [0.15, 0.2) is 36.4 Å². The van der Waals surface area contributed by atoms with E-state index in [9.17, 15) is 24.0 Å². The van der Waals surface area contributed by atoms with Crippen molar-refractivity contribution in [3.8, 4) is 5.75 Å². The van der Waals surface area contributed by atoms with E-state index in [0.717, 1.165) is 6.07 Å². The van der Waals surface area contributed by atoms with Crippen molar-refractivity contribution in [2.45, 2.75) is 13.0 Å². The smallest absolute Gasteiger partial charge is 0.295 e. The average molecular weight is 294 g/mol. The van der Waals surface area contributed by atoms with Crippen molar-refractivity contribution in [2.75, 3.05) is 5.32 Å². The fraction of sp³-hybridized carbons (Fsp3) is 0.143. The highest BCUT2D eigenvalue weighted by Crippen LogP contribution is 2.33. The standard InChI is InChI=1S/C14H12F2N2O3/c1-8(9-4-2-3-5-12(9)19)17-14-11(18(20)21)7-6-10(15)13(14)16/h2-8,17,19H,1H3. The van der Waals surface area contributed by atoms with E-state index in [1.165, 1.54) is 6.07 Å². The molecule has 2 N–H and O–H groups in total. The molecule has 1 atom stereocenters. The zero-order valence-corrected chi connectivity index (χ0v) is 11.0. The maximum Gasteiger partial charge on any atom is 0.295 e. The fourth-order valence-electron chi connectivity index (χ4n) is 1.98. The number of nitrogens with zero attached hydrogens (tertiary/aromatic N) is 1. The van der Waals surface area contributed by atoms with E-state index in [0.29, 0.717) is 11.6 Å². The zero-order valence-electron chi connectivity index (χ0n) is 11.0. The molecule has 0 spiro atoms. The van der Waals surface area contributed by atoms with E-state index in [1.54, 1.807) is 25.1 Å². The van der Waals surface area contributed by atoms with Crippen molar-refractivity contribution in [2.24, 2.45) is 0 Å². The summed E-state index contributed by atoms with van der Waals surface area (Å²) in [4.78, 5) is 10.1. The monoisotopic (exact) mass is 294 g/mol. The summed E-state index contributed by atoms with van der Waals surface area (Å²) in [6.45, 7) is 1.57. The number of phenolic OH excluding ortho intramolecular Hbond substituents is 1. The van der Waals surface area contributed by atoms with E-state index >= 15 is 0 Å². The van der Waals surface area contributed by atoms with Crippen LogP contribution in [0, 0.1) is 21.7 Å². The summed E-state index contributed by atoms with van der Waals surface area (Å²) in [6, 6.07) is 7.21. The summed E-state index contributed by atoms with van der Waals surface area (Å²) in [6.07, 6.45) is 0. The molecular weight excluding hydrogens is 282 g/mol. The van der Waals surface area contributed by atoms with Gasteiger partial charge in [-0.05, 0) is 19.1 Å². The number of phenols is 1. The molecule has 110 valence electrons. The molecule has 5 nitrogen and oxygen atoms in total. The van der Waals surface area contributed by atoms with Gasteiger partial charge in [-0.2, -0.15) is 0 Å². The molecule has 1 unspecified atom stereocenters. The lowest BCUT2D eigenvalue weighted by Crippen LogP contribution is -2.11. The first-order chi connectivity index (χ1) is 9.91. The number of halogens is 2. The van der Waals surface area contributed by atoms with Gasteiger partial charge in [0.05, 0.1) is 11.0 Å². The zero-order chi connectivity index (χ0) is 15.6. The molecule has 0 saturated carbocycles. The lowest BCUT2D eigenvalue weighted by atomic mass is 10.1. The quantitative estimate of drug-likeness (QED) is 0.665. The van der Waals surface area contributed by atoms with Gasteiger partial charge < -0.3 is 10.4 Å². The van der Waals surface area contributed by atoms with Crippen LogP contribution in [0.1, 0.15) is 18.5 Å². The summed E-state index contributed by atoms with van der Waals surface area (Å²) in [7, 11) is 0. The molecule has 7 heteroatoms. The lowest BCUT2D eigenvalue weighted by molar-refractivity contribution is -0.384. The van der Waals surface area contributed by atoms with Gasteiger partial charge in [0, 0.05) is 11.6 Å². The van der Waals surface area contributed by atoms with Crippen molar-refractivity contribution >= 4 is 11.4 Å². The predicted octanol–water partition coefficient (Wildman–Crippen LogP) is 3.75. The van der Waals surface area contributed by atoms with Crippen molar-refractivity contribution in [3.05, 3.63) is 63.7 Å². The molecule has 0 aliphatic rings. The van der Waals surface area contributed by atoms with Gasteiger partial charge in [-0.15, -0.1) is 0 Å². The summed E-state index contributed by atoms with van der Waals surface area (Å²) in [5.41, 5.74) is -0.706. The molecule has 2 aromatic carbocycles. The molecule has 0 amide bonds. The molecule has 2 aromatic rings. The van der Waals surface area contributed by atoms with Crippen LogP contribution in [0.3, 0.4) is 0 Å². The van der Waals surface area contributed by atoms with Crippen LogP contribution in [-0.4, -0.2) is 10.0 Å². The second kappa shape index (κ2) is 5.74. The number of rotatable bonds is 4. The number of para-hydroxylation sites is 1. The number of nitrogens with one attached hydrogen (secondary N) is 1. The van der Waals surface area contributed by atoms with Gasteiger partial charge in [-0.3, -0.25) is 10.1 Å². The molecule has 0 fully saturated rings. The predicted molar refractivity (Wildman–Crippen MR) is 73.2 cm³/mol. The number of hydrogen-bond donors (Lipinski definition) is 2. The maximum atomic E-state index is 13.8. The molecule has 21 heavy (non-hydrogen) atoms. The molecule has 0 heterocycles. The third-order valence-electron chi connectivity index (χ3n) is 3.03. The van der Waals surface area contributed by atoms with Crippen molar-refractivity contribution in [3.63, 3.8) is 0 Å². The van der Waals surface area contributed by atoms with Crippen LogP contribution in [0.2, 0.25) is 0 Å². The highest BCUT2D eigenvalue weighted by atomic mass is 19.2. The first-order valence-electron chi connectivity index (χ1n) is 6.08. The summed E-state index contributed by atoms with van der Waals surface area (Å²) in [5, 5.41) is 23.2. The minimum atomic E-state index is -1.33. The first kappa shape index (κ1) is 14.7. The Morgan fingerprint density at radius 3 is 2.52 bits per heavy atom. The molecule has 0 bridgehead atoms. The van der Waals surface area contributed by atoms with Gasteiger partial charge >= 0.3 is 0 Å². The van der Waals surface area contributed by atoms with Crippen LogP contribution in [0.4, 0.5) is 20.2 Å². The van der Waals surface area contributed by atoms with E-state index < -0.39 is 34.0 Å². The number of anilines is 1. The molecule has 0 aromatic heterocycles. The van der Waals surface area contributed by atoms with Crippen LogP contribution in [-0.2, 0) is 0 Å². The Hall–Kier alpha value is -2.70. The number of aromatic hydroxyl groups is 1. The highest BCUT2D eigenvalue weighted by Gasteiger charge is 2.23. The summed E-state index contributed by atoms with van der Waals surface area (Å²) in [5.74, 6) is -2.56. The third kappa shape index (κ3) is 2.91. The maximum absolute atomic E-state index is 13.8. The van der Waals surface area contributed by atoms with E-state index in [1.807, 2.05) is 0 Å². The largest absolute Gasteiger partial charge is 0.508 e. The van der Waals surface area contributed by atoms with Crippen LogP contribution >= 0.6 is 0 Å². The third-order valence-corrected chi connectivity index (χ3v) is 3.03. The van der Waals surface area contributed by atoms with E-state index in [4.69, 9.17) is 0 Å². The Kier molecular flexibility index (Phi) is 4.02. The second-order valence-corrected chi connectivity index (χ2v) is 4.44. The number of benzene rings is 2. The van der Waals surface area contributed by atoms with Crippen molar-refractivity contribution < 1.29 is 18.8 Å². The van der Waals surface area contributed by atoms with Gasteiger partial charge in [0.15, 0.2) is 17.3 Å². The Morgan fingerprint density at radius 1 is 1.24 bits per heavy atom. The summed E-state index contributed by atoms with van der Waals surface area (Å²) >= 11 is 0. The second-order valence-electron chi connectivity index (χ2n) is 4.44. The van der Waals surface area contributed by atoms with Gasteiger partial charge in [0.1, 0.15) is 5.75 Å². The van der Waals surface area contributed by atoms with Gasteiger partial charge in [-0.25, -0.2) is 8.78 Å². The Bertz CT molecular complexity index is 692. The highest BCUT2D eigenvalue weighted by molar-refractivity contribution is 5.63. The van der Waals surface area contributed by atoms with E-state index in [2.05, 4.69) is 5.32 Å². The minimum absolute atomic E-state index is 0.0445. The van der Waals surface area contributed by atoms with Gasteiger partial charge in [-0.1, -0.05) is 18.2 Å². The Labute approximate surface area is 119 Å². The molecular formula is C14H12F2N2O3. The SMILES string of the molecule is CC(Nc1c([N+](=O)[O-])ccc(F)c1F)c1ccccc1O. The minimum Gasteiger partial charge on any atom is -0.508 e. The van der Waals surface area contributed by atoms with Crippen molar-refractivity contribution in [1.82, 2.24) is 0 Å². The molecule has 0 radical (unpaired) electrons. The molecule has 0 aliphatic carbocycles. The van der Waals surface area contributed by atoms with E-state index in [-0.39, 0.29) is 5.75 Å². The molecule has 0 aliphatic heterocycles. The van der Waals surface area contributed by atoms with Crippen LogP contribution in [0.25, 0.3) is 0 Å². The fourth-order valence-corrected chi connectivity index (χ4v) is 1.98. The lowest BCUT2D eigenvalue weighted by Gasteiger charge is -2.17. The number of nitro benzene ring substituents is 1. The van der Waals surface area contributed by atoms with Crippen molar-refractivity contribution in [1.29, 1.82) is 0 Å². The Balaban J connectivity index is 2.41.